The van der Waals surface area contributed by atoms with Crippen molar-refractivity contribution in [2.45, 2.75) is 37.8 Å². The first-order valence-corrected chi connectivity index (χ1v) is 6.16. The molecule has 4 nitrogen and oxygen atoms in total. The third-order valence-electron chi connectivity index (χ3n) is 3.71. The average Bonchev–Trinajstić information content (AvgIpc) is 2.39. The highest BCUT2D eigenvalue weighted by molar-refractivity contribution is 5.11. The molecule has 2 unspecified atom stereocenters. The molecule has 2 heterocycles. The van der Waals surface area contributed by atoms with Gasteiger partial charge in [0.1, 0.15) is 5.54 Å². The van der Waals surface area contributed by atoms with Crippen LogP contribution in [0.1, 0.15) is 26.2 Å². The van der Waals surface area contributed by atoms with Crippen molar-refractivity contribution in [2.24, 2.45) is 0 Å². The number of hydrogen-bond donors (Lipinski definition) is 0. The summed E-state index contributed by atoms with van der Waals surface area (Å²) in [5.41, 5.74) is -0.303. The van der Waals surface area contributed by atoms with Gasteiger partial charge in [-0.25, -0.2) is 0 Å². The van der Waals surface area contributed by atoms with Crippen LogP contribution >= 0.6 is 0 Å². The van der Waals surface area contributed by atoms with Gasteiger partial charge in [0.15, 0.2) is 0 Å². The first-order valence-electron chi connectivity index (χ1n) is 6.16. The Labute approximate surface area is 97.1 Å². The van der Waals surface area contributed by atoms with E-state index in [2.05, 4.69) is 17.9 Å². The highest BCUT2D eigenvalue weighted by atomic mass is 16.5. The molecule has 2 fully saturated rings. The summed E-state index contributed by atoms with van der Waals surface area (Å²) in [6.45, 7) is 6.09. The predicted octanol–water partition coefficient (Wildman–Crippen LogP) is 1.17. The molecule has 0 N–H and O–H groups in total. The minimum atomic E-state index is -0.303. The molecule has 0 aromatic carbocycles. The summed E-state index contributed by atoms with van der Waals surface area (Å²) >= 11 is 0. The van der Waals surface area contributed by atoms with Gasteiger partial charge in [-0.3, -0.25) is 4.90 Å². The van der Waals surface area contributed by atoms with Crippen molar-refractivity contribution in [1.29, 1.82) is 5.26 Å². The third-order valence-corrected chi connectivity index (χ3v) is 3.71. The van der Waals surface area contributed by atoms with E-state index >= 15 is 0 Å². The van der Waals surface area contributed by atoms with Gasteiger partial charge in [0.25, 0.3) is 0 Å². The Bertz CT molecular complexity index is 271. The standard InChI is InChI=1S/C12H20N2O2/c1-2-11-9-12(10-13,3-6-16-11)14-4-7-15-8-5-14/h11H,2-9H2,1H3. The molecule has 16 heavy (non-hydrogen) atoms. The molecule has 0 radical (unpaired) electrons. The van der Waals surface area contributed by atoms with Gasteiger partial charge in [-0.2, -0.15) is 5.26 Å². The van der Waals surface area contributed by atoms with Crippen molar-refractivity contribution in [3.05, 3.63) is 0 Å². The molecule has 0 aromatic heterocycles. The zero-order chi connectivity index (χ0) is 11.4. The maximum Gasteiger partial charge on any atom is 0.114 e. The van der Waals surface area contributed by atoms with Gasteiger partial charge in [0.05, 0.1) is 25.4 Å². The van der Waals surface area contributed by atoms with E-state index in [-0.39, 0.29) is 11.6 Å². The van der Waals surface area contributed by atoms with Gasteiger partial charge in [0, 0.05) is 32.5 Å². The Balaban J connectivity index is 2.08. The minimum Gasteiger partial charge on any atom is -0.379 e. The van der Waals surface area contributed by atoms with Crippen molar-refractivity contribution < 1.29 is 9.47 Å². The third kappa shape index (κ3) is 2.22. The van der Waals surface area contributed by atoms with E-state index in [1.807, 2.05) is 0 Å². The smallest absolute Gasteiger partial charge is 0.114 e. The summed E-state index contributed by atoms with van der Waals surface area (Å²) in [6.07, 6.45) is 2.92. The summed E-state index contributed by atoms with van der Waals surface area (Å²) in [7, 11) is 0. The molecule has 4 heteroatoms. The summed E-state index contributed by atoms with van der Waals surface area (Å²) in [5, 5.41) is 9.52. The van der Waals surface area contributed by atoms with E-state index in [9.17, 15) is 5.26 Å². The van der Waals surface area contributed by atoms with E-state index in [0.717, 1.165) is 45.6 Å². The topological polar surface area (TPSA) is 45.5 Å². The Morgan fingerprint density at radius 2 is 2.12 bits per heavy atom. The van der Waals surface area contributed by atoms with Crippen LogP contribution < -0.4 is 0 Å². The molecule has 2 rings (SSSR count). The molecule has 0 aromatic rings. The van der Waals surface area contributed by atoms with Gasteiger partial charge in [-0.1, -0.05) is 6.92 Å². The molecule has 0 bridgehead atoms. The molecule has 2 saturated heterocycles. The van der Waals surface area contributed by atoms with Gasteiger partial charge in [-0.15, -0.1) is 0 Å². The minimum absolute atomic E-state index is 0.247. The normalized spacial score (nSPS) is 36.9. The van der Waals surface area contributed by atoms with Crippen LogP contribution in [0, 0.1) is 11.3 Å². The number of nitrogens with zero attached hydrogens (tertiary/aromatic N) is 2. The van der Waals surface area contributed by atoms with E-state index in [4.69, 9.17) is 9.47 Å². The van der Waals surface area contributed by atoms with Crippen molar-refractivity contribution in [1.82, 2.24) is 4.90 Å². The Hall–Kier alpha value is -0.630. The fourth-order valence-electron chi connectivity index (χ4n) is 2.65. The average molecular weight is 224 g/mol. The number of rotatable bonds is 2. The molecule has 2 atom stereocenters. The second-order valence-corrected chi connectivity index (χ2v) is 4.60. The lowest BCUT2D eigenvalue weighted by Crippen LogP contribution is -2.56. The van der Waals surface area contributed by atoms with Crippen LogP contribution in [0.3, 0.4) is 0 Å². The zero-order valence-corrected chi connectivity index (χ0v) is 9.95. The van der Waals surface area contributed by atoms with Crippen molar-refractivity contribution in [3.63, 3.8) is 0 Å². The summed E-state index contributed by atoms with van der Waals surface area (Å²) < 4.78 is 11.0. The maximum absolute atomic E-state index is 9.52. The zero-order valence-electron chi connectivity index (χ0n) is 9.95. The first kappa shape index (κ1) is 11.8. The van der Waals surface area contributed by atoms with Gasteiger partial charge in [0.2, 0.25) is 0 Å². The SMILES string of the molecule is CCC1CC(C#N)(N2CCOCC2)CCO1. The molecule has 0 aliphatic carbocycles. The molecule has 90 valence electrons. The van der Waals surface area contributed by atoms with Crippen LogP contribution in [0.2, 0.25) is 0 Å². The van der Waals surface area contributed by atoms with Crippen molar-refractivity contribution in [3.8, 4) is 6.07 Å². The molecule has 2 aliphatic heterocycles. The second-order valence-electron chi connectivity index (χ2n) is 4.60. The summed E-state index contributed by atoms with van der Waals surface area (Å²) in [5.74, 6) is 0. The monoisotopic (exact) mass is 224 g/mol. The van der Waals surface area contributed by atoms with Crippen LogP contribution in [0.15, 0.2) is 0 Å². The van der Waals surface area contributed by atoms with Crippen molar-refractivity contribution >= 4 is 0 Å². The molecule has 0 spiro atoms. The number of ether oxygens (including phenoxy) is 2. The second kappa shape index (κ2) is 5.13. The van der Waals surface area contributed by atoms with Crippen LogP contribution in [0.5, 0.6) is 0 Å². The highest BCUT2D eigenvalue weighted by Crippen LogP contribution is 2.32. The quantitative estimate of drug-likeness (QED) is 0.706. The van der Waals surface area contributed by atoms with Crippen molar-refractivity contribution in [2.75, 3.05) is 32.9 Å². The molecular formula is C12H20N2O2. The molecule has 0 amide bonds. The van der Waals surface area contributed by atoms with E-state index in [0.29, 0.717) is 6.61 Å². The number of hydrogen-bond acceptors (Lipinski definition) is 4. The highest BCUT2D eigenvalue weighted by Gasteiger charge is 2.42. The van der Waals surface area contributed by atoms with Crippen LogP contribution in [-0.2, 0) is 9.47 Å². The van der Waals surface area contributed by atoms with E-state index in [1.54, 1.807) is 0 Å². The Morgan fingerprint density at radius 1 is 1.38 bits per heavy atom. The summed E-state index contributed by atoms with van der Waals surface area (Å²) in [4.78, 5) is 2.29. The molecule has 2 aliphatic rings. The van der Waals surface area contributed by atoms with Gasteiger partial charge in [-0.05, 0) is 6.42 Å². The fourth-order valence-corrected chi connectivity index (χ4v) is 2.65. The number of morpholine rings is 1. The lowest BCUT2D eigenvalue weighted by Gasteiger charge is -2.45. The predicted molar refractivity (Wildman–Crippen MR) is 60.0 cm³/mol. The maximum atomic E-state index is 9.52. The Kier molecular flexibility index (Phi) is 3.80. The molecule has 0 saturated carbocycles. The largest absolute Gasteiger partial charge is 0.379 e. The summed E-state index contributed by atoms with van der Waals surface area (Å²) in [6, 6.07) is 2.54. The van der Waals surface area contributed by atoms with Crippen LogP contribution in [-0.4, -0.2) is 49.5 Å². The van der Waals surface area contributed by atoms with Crippen LogP contribution in [0.25, 0.3) is 0 Å². The van der Waals surface area contributed by atoms with Gasteiger partial charge < -0.3 is 9.47 Å². The fraction of sp³-hybridized carbons (Fsp3) is 0.917. The lowest BCUT2D eigenvalue weighted by molar-refractivity contribution is -0.0789. The molecular weight excluding hydrogens is 204 g/mol. The lowest BCUT2D eigenvalue weighted by atomic mass is 9.85. The van der Waals surface area contributed by atoms with Crippen LogP contribution in [0.4, 0.5) is 0 Å². The number of nitriles is 1. The first-order chi connectivity index (χ1) is 7.80. The van der Waals surface area contributed by atoms with E-state index in [1.165, 1.54) is 0 Å². The Morgan fingerprint density at radius 3 is 2.75 bits per heavy atom. The van der Waals surface area contributed by atoms with E-state index < -0.39 is 0 Å². The van der Waals surface area contributed by atoms with Gasteiger partial charge >= 0.3 is 0 Å².